The van der Waals surface area contributed by atoms with Gasteiger partial charge in [-0.3, -0.25) is 9.59 Å². The van der Waals surface area contributed by atoms with E-state index in [0.717, 1.165) is 8.45 Å². The van der Waals surface area contributed by atoms with Gasteiger partial charge < -0.3 is 14.8 Å². The third-order valence-electron chi connectivity index (χ3n) is 5.22. The summed E-state index contributed by atoms with van der Waals surface area (Å²) in [5.41, 5.74) is 3.92. The maximum atomic E-state index is 12.9. The topological polar surface area (TPSA) is 106 Å². The lowest BCUT2D eigenvalue weighted by Gasteiger charge is -2.11. The molecule has 0 bridgehead atoms. The number of esters is 1. The molecule has 0 aliphatic carbocycles. The van der Waals surface area contributed by atoms with Gasteiger partial charge in [0.2, 0.25) is 0 Å². The third kappa shape index (κ3) is 7.62. The molecule has 0 saturated carbocycles. The molecular formula is C29H22IN3O5S. The lowest BCUT2D eigenvalue weighted by Crippen LogP contribution is -2.32. The molecule has 196 valence electrons. The molecule has 39 heavy (non-hydrogen) atoms. The molecule has 0 aliphatic rings. The van der Waals surface area contributed by atoms with E-state index in [2.05, 4.69) is 38.4 Å². The van der Waals surface area contributed by atoms with Crippen LogP contribution in [0.1, 0.15) is 31.2 Å². The van der Waals surface area contributed by atoms with E-state index in [4.69, 9.17) is 9.47 Å². The third-order valence-corrected chi connectivity index (χ3v) is 6.98. The van der Waals surface area contributed by atoms with Crippen molar-refractivity contribution in [3.8, 4) is 11.5 Å². The van der Waals surface area contributed by atoms with Gasteiger partial charge in [0.25, 0.3) is 11.8 Å². The number of rotatable bonds is 9. The van der Waals surface area contributed by atoms with Crippen molar-refractivity contribution < 1.29 is 23.9 Å². The highest BCUT2D eigenvalue weighted by molar-refractivity contribution is 14.1. The predicted octanol–water partition coefficient (Wildman–Crippen LogP) is 5.50. The molecule has 3 aromatic carbocycles. The van der Waals surface area contributed by atoms with Crippen LogP contribution < -0.4 is 20.2 Å². The number of nitrogens with one attached hydrogen (secondary N) is 2. The summed E-state index contributed by atoms with van der Waals surface area (Å²) in [6.45, 7) is 0. The normalized spacial score (nSPS) is 11.2. The van der Waals surface area contributed by atoms with E-state index in [1.165, 1.54) is 24.7 Å². The Labute approximate surface area is 242 Å². The van der Waals surface area contributed by atoms with Gasteiger partial charge in [-0.1, -0.05) is 36.4 Å². The van der Waals surface area contributed by atoms with E-state index in [-0.39, 0.29) is 11.4 Å². The van der Waals surface area contributed by atoms with Crippen molar-refractivity contribution in [3.05, 3.63) is 121 Å². The predicted molar refractivity (Wildman–Crippen MR) is 159 cm³/mol. The zero-order chi connectivity index (χ0) is 27.6. The maximum absolute atomic E-state index is 12.9. The minimum Gasteiger partial charge on any atom is -0.493 e. The average molecular weight is 651 g/mol. The van der Waals surface area contributed by atoms with Crippen LogP contribution in [0.4, 0.5) is 0 Å². The standard InChI is InChI=1S/C29H22IN3O5S/c1-37-26-16-19(13-14-25(26)38-29(36)22-11-5-6-12-23(22)30)18-31-33-28(35)24(17-21-10-7-15-39-21)32-27(34)20-8-3-2-4-9-20/h2-18H,1H3,(H,32,34)(H,33,35). The molecule has 0 aliphatic heterocycles. The molecule has 0 saturated heterocycles. The maximum Gasteiger partial charge on any atom is 0.344 e. The number of amides is 2. The molecule has 0 atom stereocenters. The Balaban J connectivity index is 1.45. The first kappa shape index (κ1) is 27.7. The summed E-state index contributed by atoms with van der Waals surface area (Å²) in [6, 6.07) is 24.2. The van der Waals surface area contributed by atoms with E-state index in [1.54, 1.807) is 66.7 Å². The molecular weight excluding hydrogens is 629 g/mol. The van der Waals surface area contributed by atoms with Gasteiger partial charge in [-0.25, -0.2) is 10.2 Å². The molecule has 4 rings (SSSR count). The Hall–Kier alpha value is -4.29. The highest BCUT2D eigenvalue weighted by Crippen LogP contribution is 2.29. The zero-order valence-electron chi connectivity index (χ0n) is 20.6. The van der Waals surface area contributed by atoms with E-state index in [0.29, 0.717) is 22.4 Å². The number of halogens is 1. The zero-order valence-corrected chi connectivity index (χ0v) is 23.6. The van der Waals surface area contributed by atoms with E-state index in [9.17, 15) is 14.4 Å². The number of thiophene rings is 1. The second kappa shape index (κ2) is 13.5. The van der Waals surface area contributed by atoms with Crippen LogP contribution in [0.2, 0.25) is 0 Å². The number of hydrogen-bond acceptors (Lipinski definition) is 7. The van der Waals surface area contributed by atoms with Crippen molar-refractivity contribution in [1.82, 2.24) is 10.7 Å². The van der Waals surface area contributed by atoms with Crippen molar-refractivity contribution >= 4 is 64.0 Å². The average Bonchev–Trinajstić information content (AvgIpc) is 3.47. The Kier molecular flexibility index (Phi) is 9.59. The molecule has 0 fully saturated rings. The fourth-order valence-corrected chi connectivity index (χ4v) is 4.58. The van der Waals surface area contributed by atoms with Crippen LogP contribution in [0.15, 0.2) is 101 Å². The molecule has 8 nitrogen and oxygen atoms in total. The fraction of sp³-hybridized carbons (Fsp3) is 0.0345. The van der Waals surface area contributed by atoms with Crippen molar-refractivity contribution in [2.45, 2.75) is 0 Å². The summed E-state index contributed by atoms with van der Waals surface area (Å²) in [5, 5.41) is 8.54. The minimum atomic E-state index is -0.598. The summed E-state index contributed by atoms with van der Waals surface area (Å²) in [6.07, 6.45) is 2.99. The Morgan fingerprint density at radius 3 is 2.41 bits per heavy atom. The highest BCUT2D eigenvalue weighted by Gasteiger charge is 2.16. The summed E-state index contributed by atoms with van der Waals surface area (Å²) in [4.78, 5) is 38.9. The van der Waals surface area contributed by atoms with Crippen LogP contribution >= 0.6 is 33.9 Å². The van der Waals surface area contributed by atoms with Crippen molar-refractivity contribution in [1.29, 1.82) is 0 Å². The number of nitrogens with zero attached hydrogens (tertiary/aromatic N) is 1. The van der Waals surface area contributed by atoms with Gasteiger partial charge in [0, 0.05) is 14.0 Å². The molecule has 4 aromatic rings. The number of benzene rings is 3. The van der Waals surface area contributed by atoms with Crippen LogP contribution in [0.3, 0.4) is 0 Å². The molecule has 1 heterocycles. The van der Waals surface area contributed by atoms with Crippen LogP contribution in [0.5, 0.6) is 11.5 Å². The van der Waals surface area contributed by atoms with Gasteiger partial charge in [0.15, 0.2) is 11.5 Å². The van der Waals surface area contributed by atoms with Crippen molar-refractivity contribution in [3.63, 3.8) is 0 Å². The van der Waals surface area contributed by atoms with Gasteiger partial charge in [-0.05, 0) is 88.1 Å². The molecule has 0 unspecified atom stereocenters. The van der Waals surface area contributed by atoms with Crippen LogP contribution in [-0.4, -0.2) is 31.1 Å². The lowest BCUT2D eigenvalue weighted by molar-refractivity contribution is -0.117. The summed E-state index contributed by atoms with van der Waals surface area (Å²) >= 11 is 3.50. The van der Waals surface area contributed by atoms with Gasteiger partial charge >= 0.3 is 5.97 Å². The van der Waals surface area contributed by atoms with Gasteiger partial charge in [-0.2, -0.15) is 5.10 Å². The largest absolute Gasteiger partial charge is 0.493 e. The first-order valence-electron chi connectivity index (χ1n) is 11.5. The Bertz CT molecular complexity index is 1540. The molecule has 2 amide bonds. The van der Waals surface area contributed by atoms with Gasteiger partial charge in [-0.15, -0.1) is 11.3 Å². The number of carbonyl (C=O) groups excluding carboxylic acids is 3. The Morgan fingerprint density at radius 2 is 1.69 bits per heavy atom. The minimum absolute atomic E-state index is 0.0406. The molecule has 10 heteroatoms. The number of methoxy groups -OCH3 is 1. The van der Waals surface area contributed by atoms with Crippen LogP contribution in [-0.2, 0) is 4.79 Å². The van der Waals surface area contributed by atoms with E-state index in [1.807, 2.05) is 29.6 Å². The molecule has 0 spiro atoms. The van der Waals surface area contributed by atoms with Gasteiger partial charge in [0.1, 0.15) is 5.70 Å². The van der Waals surface area contributed by atoms with Gasteiger partial charge in [0.05, 0.1) is 18.9 Å². The second-order valence-corrected chi connectivity index (χ2v) is 10.0. The molecule has 1 aromatic heterocycles. The van der Waals surface area contributed by atoms with Crippen molar-refractivity contribution in [2.24, 2.45) is 5.10 Å². The fourth-order valence-electron chi connectivity index (χ4n) is 3.31. The summed E-state index contributed by atoms with van der Waals surface area (Å²) in [5.74, 6) is -0.961. The Morgan fingerprint density at radius 1 is 0.923 bits per heavy atom. The quantitative estimate of drug-likeness (QED) is 0.0621. The van der Waals surface area contributed by atoms with Crippen LogP contribution in [0.25, 0.3) is 6.08 Å². The summed E-state index contributed by atoms with van der Waals surface area (Å²) < 4.78 is 11.7. The highest BCUT2D eigenvalue weighted by atomic mass is 127. The number of ether oxygens (including phenoxy) is 2. The monoisotopic (exact) mass is 651 g/mol. The SMILES string of the molecule is COc1cc(C=NNC(=O)C(=Cc2cccs2)NC(=O)c2ccccc2)ccc1OC(=O)c1ccccc1I. The molecule has 2 N–H and O–H groups in total. The van der Waals surface area contributed by atoms with E-state index >= 15 is 0 Å². The second-order valence-electron chi connectivity index (χ2n) is 7.87. The molecule has 0 radical (unpaired) electrons. The van der Waals surface area contributed by atoms with Crippen LogP contribution in [0, 0.1) is 3.57 Å². The first-order chi connectivity index (χ1) is 18.9. The number of hydrogen-bond donors (Lipinski definition) is 2. The van der Waals surface area contributed by atoms with E-state index < -0.39 is 17.8 Å². The lowest BCUT2D eigenvalue weighted by atomic mass is 10.2. The summed E-state index contributed by atoms with van der Waals surface area (Å²) in [7, 11) is 1.46. The number of carbonyl (C=O) groups is 3. The first-order valence-corrected chi connectivity index (χ1v) is 13.5. The smallest absolute Gasteiger partial charge is 0.344 e. The van der Waals surface area contributed by atoms with Crippen molar-refractivity contribution in [2.75, 3.05) is 7.11 Å². The number of hydrazone groups is 1.